The second kappa shape index (κ2) is 8.80. The smallest absolute Gasteiger partial charge is 0.324 e. The number of aryl methyl sites for hydroxylation is 1. The number of para-hydroxylation sites is 1. The van der Waals surface area contributed by atoms with E-state index in [1.165, 1.54) is 16.7 Å². The molecule has 0 saturated carbocycles. The SMILES string of the molecule is Cc1ccc(Cn2c(=O)c3ccccc3n(CC(=O)Nc3ccc(F)c(Cl)c3)c2=O)cc1. The fourth-order valence-corrected chi connectivity index (χ4v) is 3.64. The van der Waals surface area contributed by atoms with Gasteiger partial charge in [0.1, 0.15) is 12.4 Å². The molecule has 1 amide bonds. The van der Waals surface area contributed by atoms with E-state index in [1.54, 1.807) is 24.3 Å². The number of carbonyl (C=O) groups is 1. The lowest BCUT2D eigenvalue weighted by molar-refractivity contribution is -0.116. The molecule has 0 bridgehead atoms. The van der Waals surface area contributed by atoms with E-state index in [4.69, 9.17) is 11.6 Å². The zero-order valence-corrected chi connectivity index (χ0v) is 17.9. The Labute approximate surface area is 187 Å². The highest BCUT2D eigenvalue weighted by Gasteiger charge is 2.16. The zero-order valence-electron chi connectivity index (χ0n) is 17.1. The van der Waals surface area contributed by atoms with E-state index in [9.17, 15) is 18.8 Å². The fourth-order valence-electron chi connectivity index (χ4n) is 3.46. The van der Waals surface area contributed by atoms with Crippen molar-refractivity contribution in [2.75, 3.05) is 5.32 Å². The molecule has 0 aliphatic rings. The Hall–Kier alpha value is -3.71. The first-order valence-corrected chi connectivity index (χ1v) is 10.2. The van der Waals surface area contributed by atoms with Gasteiger partial charge in [0.2, 0.25) is 5.91 Å². The summed E-state index contributed by atoms with van der Waals surface area (Å²) in [4.78, 5) is 38.9. The zero-order chi connectivity index (χ0) is 22.8. The molecule has 8 heteroatoms. The Morgan fingerprint density at radius 2 is 1.72 bits per heavy atom. The van der Waals surface area contributed by atoms with Crippen LogP contribution in [0.5, 0.6) is 0 Å². The number of rotatable bonds is 5. The van der Waals surface area contributed by atoms with E-state index in [0.717, 1.165) is 21.8 Å². The second-order valence-corrected chi connectivity index (χ2v) is 7.85. The summed E-state index contributed by atoms with van der Waals surface area (Å²) < 4.78 is 15.7. The Morgan fingerprint density at radius 1 is 1.00 bits per heavy atom. The van der Waals surface area contributed by atoms with E-state index >= 15 is 0 Å². The number of aromatic nitrogens is 2. The number of hydrogen-bond donors (Lipinski definition) is 1. The van der Waals surface area contributed by atoms with Gasteiger partial charge in [-0.1, -0.05) is 53.6 Å². The van der Waals surface area contributed by atoms with Gasteiger partial charge in [0.25, 0.3) is 5.56 Å². The number of hydrogen-bond acceptors (Lipinski definition) is 3. The molecule has 0 saturated heterocycles. The summed E-state index contributed by atoms with van der Waals surface area (Å²) in [5, 5.41) is 2.81. The topological polar surface area (TPSA) is 73.1 Å². The standard InChI is InChI=1S/C24H19ClFN3O3/c1-15-6-8-16(9-7-15)13-29-23(31)18-4-2-3-5-21(18)28(24(29)32)14-22(30)27-17-10-11-20(26)19(25)12-17/h2-12H,13-14H2,1H3,(H,27,30). The van der Waals surface area contributed by atoms with Crippen LogP contribution in [0.25, 0.3) is 10.9 Å². The molecule has 0 radical (unpaired) electrons. The minimum absolute atomic E-state index is 0.0813. The third kappa shape index (κ3) is 4.33. The van der Waals surface area contributed by atoms with Gasteiger partial charge >= 0.3 is 5.69 Å². The van der Waals surface area contributed by atoms with Crippen molar-refractivity contribution < 1.29 is 9.18 Å². The van der Waals surface area contributed by atoms with Crippen molar-refractivity contribution in [3.05, 3.63) is 110 Å². The van der Waals surface area contributed by atoms with Crippen LogP contribution >= 0.6 is 11.6 Å². The summed E-state index contributed by atoms with van der Waals surface area (Å²) in [6.45, 7) is 1.70. The number of carbonyl (C=O) groups excluding carboxylic acids is 1. The molecular weight excluding hydrogens is 433 g/mol. The summed E-state index contributed by atoms with van der Waals surface area (Å²) in [5.41, 5.74) is 1.49. The van der Waals surface area contributed by atoms with Crippen LogP contribution in [-0.4, -0.2) is 15.0 Å². The van der Waals surface area contributed by atoms with Gasteiger partial charge in [-0.05, 0) is 42.8 Å². The van der Waals surface area contributed by atoms with Crippen LogP contribution in [0.4, 0.5) is 10.1 Å². The van der Waals surface area contributed by atoms with E-state index in [1.807, 2.05) is 31.2 Å². The van der Waals surface area contributed by atoms with Crippen molar-refractivity contribution >= 4 is 34.1 Å². The maximum Gasteiger partial charge on any atom is 0.332 e. The third-order valence-corrected chi connectivity index (χ3v) is 5.39. The van der Waals surface area contributed by atoms with E-state index in [-0.39, 0.29) is 18.1 Å². The average Bonchev–Trinajstić information content (AvgIpc) is 2.78. The summed E-state index contributed by atoms with van der Waals surface area (Å²) in [7, 11) is 0. The third-order valence-electron chi connectivity index (χ3n) is 5.10. The van der Waals surface area contributed by atoms with Gasteiger partial charge < -0.3 is 5.32 Å². The molecule has 0 atom stereocenters. The van der Waals surface area contributed by atoms with Gasteiger partial charge in [0.15, 0.2) is 0 Å². The number of nitrogens with one attached hydrogen (secondary N) is 1. The molecule has 0 aliphatic carbocycles. The minimum Gasteiger partial charge on any atom is -0.324 e. The predicted octanol–water partition coefficient (Wildman–Crippen LogP) is 3.95. The van der Waals surface area contributed by atoms with Crippen LogP contribution in [0.15, 0.2) is 76.3 Å². The van der Waals surface area contributed by atoms with Gasteiger partial charge in [0, 0.05) is 5.69 Å². The van der Waals surface area contributed by atoms with Gasteiger partial charge in [-0.15, -0.1) is 0 Å². The number of halogens is 2. The largest absolute Gasteiger partial charge is 0.332 e. The summed E-state index contributed by atoms with van der Waals surface area (Å²) in [6.07, 6.45) is 0. The maximum atomic E-state index is 13.4. The molecule has 1 N–H and O–H groups in total. The fraction of sp³-hybridized carbons (Fsp3) is 0.125. The van der Waals surface area contributed by atoms with E-state index in [0.29, 0.717) is 16.6 Å². The van der Waals surface area contributed by atoms with E-state index < -0.39 is 23.0 Å². The van der Waals surface area contributed by atoms with Gasteiger partial charge in [0.05, 0.1) is 22.5 Å². The Bertz CT molecular complexity index is 1440. The van der Waals surface area contributed by atoms with Crippen molar-refractivity contribution in [2.45, 2.75) is 20.0 Å². The highest BCUT2D eigenvalue weighted by molar-refractivity contribution is 6.31. The first-order valence-electron chi connectivity index (χ1n) is 9.86. The number of anilines is 1. The quantitative estimate of drug-likeness (QED) is 0.499. The molecular formula is C24H19ClFN3O3. The van der Waals surface area contributed by atoms with Crippen molar-refractivity contribution in [3.63, 3.8) is 0 Å². The number of fused-ring (bicyclic) bond motifs is 1. The molecule has 32 heavy (non-hydrogen) atoms. The Kier molecular flexibility index (Phi) is 5.92. The number of amides is 1. The summed E-state index contributed by atoms with van der Waals surface area (Å²) >= 11 is 5.77. The van der Waals surface area contributed by atoms with Crippen molar-refractivity contribution in [1.29, 1.82) is 0 Å². The molecule has 0 unspecified atom stereocenters. The molecule has 162 valence electrons. The van der Waals surface area contributed by atoms with Crippen LogP contribution < -0.4 is 16.6 Å². The molecule has 1 heterocycles. The number of benzene rings is 3. The maximum absolute atomic E-state index is 13.4. The van der Waals surface area contributed by atoms with Gasteiger partial charge in [-0.3, -0.25) is 18.7 Å². The van der Waals surface area contributed by atoms with Gasteiger partial charge in [-0.2, -0.15) is 0 Å². The second-order valence-electron chi connectivity index (χ2n) is 7.44. The molecule has 1 aromatic heterocycles. The van der Waals surface area contributed by atoms with Crippen molar-refractivity contribution in [3.8, 4) is 0 Å². The first kappa shape index (κ1) is 21.5. The molecule has 0 aliphatic heterocycles. The normalized spacial score (nSPS) is 11.0. The summed E-state index contributed by atoms with van der Waals surface area (Å²) in [5.74, 6) is -1.12. The lowest BCUT2D eigenvalue weighted by Gasteiger charge is -2.14. The van der Waals surface area contributed by atoms with Crippen LogP contribution in [0.3, 0.4) is 0 Å². The van der Waals surface area contributed by atoms with Crippen molar-refractivity contribution in [1.82, 2.24) is 9.13 Å². The van der Waals surface area contributed by atoms with Crippen LogP contribution in [0.1, 0.15) is 11.1 Å². The lowest BCUT2D eigenvalue weighted by Crippen LogP contribution is -2.42. The lowest BCUT2D eigenvalue weighted by atomic mass is 10.1. The predicted molar refractivity (Wildman–Crippen MR) is 123 cm³/mol. The highest BCUT2D eigenvalue weighted by atomic mass is 35.5. The van der Waals surface area contributed by atoms with Crippen LogP contribution in [0.2, 0.25) is 5.02 Å². The Balaban J connectivity index is 1.73. The monoisotopic (exact) mass is 451 g/mol. The molecule has 3 aromatic carbocycles. The molecule has 4 rings (SSSR count). The molecule has 0 spiro atoms. The molecule has 0 fully saturated rings. The van der Waals surface area contributed by atoms with Gasteiger partial charge in [-0.25, -0.2) is 9.18 Å². The molecule has 6 nitrogen and oxygen atoms in total. The van der Waals surface area contributed by atoms with Crippen LogP contribution in [-0.2, 0) is 17.9 Å². The number of nitrogens with zero attached hydrogens (tertiary/aromatic N) is 2. The first-order chi connectivity index (χ1) is 15.3. The minimum atomic E-state index is -0.602. The van der Waals surface area contributed by atoms with Crippen LogP contribution in [0, 0.1) is 12.7 Å². The summed E-state index contributed by atoms with van der Waals surface area (Å²) in [6, 6.07) is 18.0. The highest BCUT2D eigenvalue weighted by Crippen LogP contribution is 2.19. The Morgan fingerprint density at radius 3 is 2.44 bits per heavy atom. The molecule has 4 aromatic rings. The van der Waals surface area contributed by atoms with E-state index in [2.05, 4.69) is 5.32 Å². The average molecular weight is 452 g/mol. The van der Waals surface area contributed by atoms with Crippen molar-refractivity contribution in [2.24, 2.45) is 0 Å².